The second-order valence-corrected chi connectivity index (χ2v) is 12.2. The molecule has 3 aromatic carbocycles. The Morgan fingerprint density at radius 3 is 2.66 bits per heavy atom. The van der Waals surface area contributed by atoms with Gasteiger partial charge in [0.1, 0.15) is 11.5 Å². The van der Waals surface area contributed by atoms with Crippen LogP contribution in [0.15, 0.2) is 85.2 Å². The predicted molar refractivity (Wildman–Crippen MR) is 171 cm³/mol. The van der Waals surface area contributed by atoms with E-state index in [2.05, 4.69) is 53.7 Å². The van der Waals surface area contributed by atoms with Crippen LogP contribution in [0.5, 0.6) is 11.5 Å². The molecule has 11 heteroatoms. The van der Waals surface area contributed by atoms with Gasteiger partial charge in [-0.25, -0.2) is 20.0 Å². The summed E-state index contributed by atoms with van der Waals surface area (Å²) in [6, 6.07) is 23.0. The number of para-hydroxylation sites is 1. The van der Waals surface area contributed by atoms with Crippen molar-refractivity contribution >= 4 is 38.5 Å². The molecule has 0 saturated heterocycles. The molecule has 10 nitrogen and oxygen atoms in total. The van der Waals surface area contributed by atoms with E-state index >= 15 is 0 Å². The number of nitrogens with zero attached hydrogens (tertiary/aromatic N) is 4. The zero-order valence-corrected chi connectivity index (χ0v) is 25.6. The highest BCUT2D eigenvalue weighted by Crippen LogP contribution is 2.33. The Labute approximate surface area is 258 Å². The van der Waals surface area contributed by atoms with Crippen LogP contribution in [0.4, 0.5) is 4.79 Å². The molecule has 2 amide bonds. The molecule has 2 N–H and O–H groups in total. The van der Waals surface area contributed by atoms with E-state index in [1.165, 1.54) is 21.7 Å². The van der Waals surface area contributed by atoms with Crippen LogP contribution in [-0.2, 0) is 16.7 Å². The van der Waals surface area contributed by atoms with Crippen molar-refractivity contribution in [1.29, 1.82) is 0 Å². The molecule has 0 bridgehead atoms. The van der Waals surface area contributed by atoms with Gasteiger partial charge in [-0.1, -0.05) is 68.5 Å². The summed E-state index contributed by atoms with van der Waals surface area (Å²) in [5, 5.41) is 7.40. The van der Waals surface area contributed by atoms with Gasteiger partial charge in [0.15, 0.2) is 10.7 Å². The molecule has 0 aliphatic carbocycles. The fourth-order valence-corrected chi connectivity index (χ4v) is 5.77. The molecule has 0 spiro atoms. The molecule has 0 aliphatic heterocycles. The number of amides is 2. The highest BCUT2D eigenvalue weighted by Gasteiger charge is 2.17. The van der Waals surface area contributed by atoms with Gasteiger partial charge >= 0.3 is 12.0 Å². The molecule has 3 aromatic heterocycles. The number of esters is 1. The molecule has 0 saturated carbocycles. The van der Waals surface area contributed by atoms with Gasteiger partial charge in [-0.05, 0) is 48.2 Å². The van der Waals surface area contributed by atoms with Crippen LogP contribution < -0.4 is 15.5 Å². The number of carbonyl (C=O) groups is 2. The molecular weight excluding hydrogens is 576 g/mol. The minimum atomic E-state index is -0.438. The molecule has 44 heavy (non-hydrogen) atoms. The van der Waals surface area contributed by atoms with E-state index in [4.69, 9.17) is 9.47 Å². The van der Waals surface area contributed by atoms with Crippen LogP contribution in [-0.4, -0.2) is 37.9 Å². The summed E-state index contributed by atoms with van der Waals surface area (Å²) in [6.45, 7) is 8.82. The molecule has 0 radical (unpaired) electrons. The summed E-state index contributed by atoms with van der Waals surface area (Å²) in [5.74, 6) is 0.828. The van der Waals surface area contributed by atoms with Gasteiger partial charge in [0.05, 0.1) is 22.5 Å². The zero-order chi connectivity index (χ0) is 30.8. The first kappa shape index (κ1) is 28.9. The molecule has 0 aliphatic rings. The number of hydrogen-bond donors (Lipinski definition) is 2. The monoisotopic (exact) mass is 608 g/mol. The van der Waals surface area contributed by atoms with Gasteiger partial charge in [-0.2, -0.15) is 9.89 Å². The van der Waals surface area contributed by atoms with Gasteiger partial charge in [0, 0.05) is 36.1 Å². The maximum atomic E-state index is 12.7. The Hall–Kier alpha value is -5.16. The van der Waals surface area contributed by atoms with Crippen LogP contribution in [0.3, 0.4) is 0 Å². The second-order valence-electron chi connectivity index (χ2n) is 11.2. The lowest BCUT2D eigenvalue weighted by atomic mass is 9.86. The van der Waals surface area contributed by atoms with E-state index in [0.29, 0.717) is 23.1 Å². The van der Waals surface area contributed by atoms with Crippen LogP contribution >= 0.6 is 11.3 Å². The summed E-state index contributed by atoms with van der Waals surface area (Å²) in [5.41, 5.74) is 7.74. The fourth-order valence-electron chi connectivity index (χ4n) is 4.73. The van der Waals surface area contributed by atoms with E-state index in [1.54, 1.807) is 19.3 Å². The van der Waals surface area contributed by atoms with E-state index < -0.39 is 12.0 Å². The normalized spacial score (nSPS) is 11.5. The summed E-state index contributed by atoms with van der Waals surface area (Å²) in [4.78, 5) is 31.3. The number of benzene rings is 3. The maximum Gasteiger partial charge on any atom is 0.358 e. The van der Waals surface area contributed by atoms with Crippen LogP contribution in [0.2, 0.25) is 0 Å². The summed E-state index contributed by atoms with van der Waals surface area (Å²) in [6.07, 6.45) is 3.40. The number of imidazole rings is 1. The molecule has 6 aromatic rings. The lowest BCUT2D eigenvalue weighted by Crippen LogP contribution is -2.34. The van der Waals surface area contributed by atoms with Gasteiger partial charge in [-0.3, -0.25) is 4.40 Å². The number of nitrogens with one attached hydrogen (secondary N) is 2. The van der Waals surface area contributed by atoms with E-state index in [9.17, 15) is 9.59 Å². The van der Waals surface area contributed by atoms with Gasteiger partial charge in [-0.15, -0.1) is 0 Å². The van der Waals surface area contributed by atoms with Crippen molar-refractivity contribution in [3.05, 3.63) is 102 Å². The molecule has 0 fully saturated rings. The van der Waals surface area contributed by atoms with Crippen molar-refractivity contribution in [1.82, 2.24) is 24.6 Å². The summed E-state index contributed by atoms with van der Waals surface area (Å²) < 4.78 is 14.1. The van der Waals surface area contributed by atoms with Crippen molar-refractivity contribution in [2.75, 3.05) is 12.0 Å². The average Bonchev–Trinajstić information content (AvgIpc) is 3.71. The topological polar surface area (TPSA) is 112 Å². The lowest BCUT2D eigenvalue weighted by molar-refractivity contribution is 0.0520. The Morgan fingerprint density at radius 1 is 1.00 bits per heavy atom. The number of aromatic nitrogens is 4. The molecule has 0 atom stereocenters. The number of hydrogen-bond acceptors (Lipinski definition) is 7. The van der Waals surface area contributed by atoms with Gasteiger partial charge < -0.3 is 14.8 Å². The Bertz CT molecular complexity index is 1980. The molecule has 3 heterocycles. The summed E-state index contributed by atoms with van der Waals surface area (Å²) in [7, 11) is 0. The van der Waals surface area contributed by atoms with E-state index in [-0.39, 0.29) is 17.7 Å². The first-order valence-corrected chi connectivity index (χ1v) is 15.1. The molecule has 0 unspecified atom stereocenters. The van der Waals surface area contributed by atoms with Gasteiger partial charge in [0.25, 0.3) is 0 Å². The third-order valence-corrected chi connectivity index (χ3v) is 8.04. The number of carbonyl (C=O) groups excluding carboxylic acids is 2. The Morgan fingerprint density at radius 2 is 1.84 bits per heavy atom. The van der Waals surface area contributed by atoms with Crippen molar-refractivity contribution in [2.45, 2.75) is 39.7 Å². The predicted octanol–water partition coefficient (Wildman–Crippen LogP) is 7.13. The summed E-state index contributed by atoms with van der Waals surface area (Å²) >= 11 is 1.45. The lowest BCUT2D eigenvalue weighted by Gasteiger charge is -2.19. The number of fused-ring (bicyclic) bond motifs is 3. The number of ether oxygens (including phenoxy) is 2. The largest absolute Gasteiger partial charge is 0.461 e. The molecule has 224 valence electrons. The maximum absolute atomic E-state index is 12.7. The first-order chi connectivity index (χ1) is 21.2. The fraction of sp³-hybridized carbons (Fsp3) is 0.212. The average molecular weight is 609 g/mol. The first-order valence-electron chi connectivity index (χ1n) is 14.2. The third kappa shape index (κ3) is 6.13. The minimum Gasteiger partial charge on any atom is -0.461 e. The van der Waals surface area contributed by atoms with Gasteiger partial charge in [0.2, 0.25) is 0 Å². The van der Waals surface area contributed by atoms with E-state index in [1.807, 2.05) is 65.1 Å². The van der Waals surface area contributed by atoms with Crippen molar-refractivity contribution in [3.8, 4) is 22.8 Å². The zero-order valence-electron chi connectivity index (χ0n) is 24.8. The van der Waals surface area contributed by atoms with Crippen molar-refractivity contribution in [3.63, 3.8) is 0 Å². The highest BCUT2D eigenvalue weighted by molar-refractivity contribution is 7.23. The highest BCUT2D eigenvalue weighted by atomic mass is 32.1. The molecule has 6 rings (SSSR count). The Balaban J connectivity index is 1.10. The SMILES string of the molecule is CCOC(=O)c1cn2c(n1)sc1cc(Oc3ccccc3CNC(=O)Nn3ccc(-c4cccc(C(C)(C)C)c4)n3)ccc12. The van der Waals surface area contributed by atoms with Crippen LogP contribution in [0, 0.1) is 0 Å². The van der Waals surface area contributed by atoms with Crippen molar-refractivity contribution < 1.29 is 19.1 Å². The quantitative estimate of drug-likeness (QED) is 0.178. The standard InChI is InChI=1S/C33H32N6O4S/c1-5-42-30(40)26-20-38-27-14-13-24(18-29(27)44-32(38)35-26)43-28-12-7-6-9-22(28)19-34-31(41)37-39-16-15-25(36-39)21-10-8-11-23(17-21)33(2,3)4/h6-18,20H,5,19H2,1-4H3,(H2,34,37,41). The molecular formula is C33H32N6O4S. The number of rotatable bonds is 8. The van der Waals surface area contributed by atoms with Crippen LogP contribution in [0.25, 0.3) is 26.4 Å². The van der Waals surface area contributed by atoms with Crippen molar-refractivity contribution in [2.24, 2.45) is 0 Å². The number of urea groups is 1. The third-order valence-electron chi connectivity index (χ3n) is 7.02. The minimum absolute atomic E-state index is 0.0251. The van der Waals surface area contributed by atoms with Crippen LogP contribution in [0.1, 0.15) is 49.3 Å². The Kier molecular flexibility index (Phi) is 7.79. The number of thiazole rings is 1. The second kappa shape index (κ2) is 11.8. The van der Waals surface area contributed by atoms with E-state index in [0.717, 1.165) is 27.0 Å². The smallest absolute Gasteiger partial charge is 0.358 e.